The van der Waals surface area contributed by atoms with Crippen LogP contribution < -0.4 is 19.1 Å². The number of para-hydroxylation sites is 1. The first kappa shape index (κ1) is 24.1. The van der Waals surface area contributed by atoms with Crippen LogP contribution in [-0.2, 0) is 16.0 Å². The zero-order valence-corrected chi connectivity index (χ0v) is 21.0. The first-order chi connectivity index (χ1) is 16.5. The molecular formula is C25H26N2O5S2. The first-order valence-corrected chi connectivity index (χ1v) is 12.1. The Kier molecular flexibility index (Phi) is 7.43. The summed E-state index contributed by atoms with van der Waals surface area (Å²) in [6.45, 7) is 0.935. The minimum absolute atomic E-state index is 0.00481. The first-order valence-electron chi connectivity index (χ1n) is 10.9. The third-order valence-electron chi connectivity index (χ3n) is 5.82. The summed E-state index contributed by atoms with van der Waals surface area (Å²) in [6, 6.07) is 11.5. The normalized spacial score (nSPS) is 16.6. The second-order valence-electron chi connectivity index (χ2n) is 7.82. The molecule has 0 saturated carbocycles. The highest BCUT2D eigenvalue weighted by Crippen LogP contribution is 2.40. The molecule has 9 heteroatoms. The molecule has 0 atom stereocenters. The van der Waals surface area contributed by atoms with Crippen molar-refractivity contribution in [2.75, 3.05) is 39.3 Å². The van der Waals surface area contributed by atoms with Gasteiger partial charge in [-0.05, 0) is 48.2 Å². The van der Waals surface area contributed by atoms with E-state index in [4.69, 9.17) is 26.4 Å². The minimum atomic E-state index is -0.212. The predicted molar refractivity (Wildman–Crippen MR) is 138 cm³/mol. The molecule has 0 N–H and O–H groups in total. The number of hydrogen-bond acceptors (Lipinski definition) is 7. The summed E-state index contributed by atoms with van der Waals surface area (Å²) in [4.78, 5) is 29.9. The number of anilines is 1. The molecule has 2 aromatic rings. The molecule has 2 aliphatic rings. The predicted octanol–water partition coefficient (Wildman–Crippen LogP) is 4.28. The molecule has 178 valence electrons. The maximum atomic E-state index is 13.1. The number of aryl methyl sites for hydroxylation is 1. The fourth-order valence-corrected chi connectivity index (χ4v) is 5.47. The molecule has 2 amide bonds. The van der Waals surface area contributed by atoms with E-state index < -0.39 is 0 Å². The van der Waals surface area contributed by atoms with Crippen molar-refractivity contribution < 1.29 is 23.8 Å². The monoisotopic (exact) mass is 498 g/mol. The largest absolute Gasteiger partial charge is 0.493 e. The van der Waals surface area contributed by atoms with Crippen LogP contribution in [0.5, 0.6) is 17.2 Å². The van der Waals surface area contributed by atoms with Gasteiger partial charge in [-0.15, -0.1) is 0 Å². The van der Waals surface area contributed by atoms with Crippen molar-refractivity contribution in [2.45, 2.75) is 19.3 Å². The standard InChI is InChI=1S/C25H26N2O5S2/c1-30-19-13-16(14-20(31-2)23(19)32-3)15-21-24(29)27(25(33)34-21)12-10-22(28)26-11-6-8-17-7-4-5-9-18(17)26/h4-5,7,9,13-15H,6,8,10-12H2,1-3H3. The molecule has 7 nitrogen and oxygen atoms in total. The molecule has 2 heterocycles. The van der Waals surface area contributed by atoms with Crippen LogP contribution in [0, 0.1) is 0 Å². The molecular weight excluding hydrogens is 472 g/mol. The fourth-order valence-electron chi connectivity index (χ4n) is 4.16. The fraction of sp³-hybridized carbons (Fsp3) is 0.320. The molecule has 1 saturated heterocycles. The summed E-state index contributed by atoms with van der Waals surface area (Å²) >= 11 is 6.67. The highest BCUT2D eigenvalue weighted by atomic mass is 32.2. The van der Waals surface area contributed by atoms with E-state index in [1.165, 1.54) is 43.6 Å². The van der Waals surface area contributed by atoms with E-state index in [2.05, 4.69) is 6.07 Å². The van der Waals surface area contributed by atoms with Gasteiger partial charge in [0.05, 0.1) is 26.2 Å². The smallest absolute Gasteiger partial charge is 0.266 e. The summed E-state index contributed by atoms with van der Waals surface area (Å²) in [5, 5.41) is 0. The highest BCUT2D eigenvalue weighted by Gasteiger charge is 2.33. The average molecular weight is 499 g/mol. The Labute approximate surface area is 208 Å². The van der Waals surface area contributed by atoms with Crippen molar-refractivity contribution in [2.24, 2.45) is 0 Å². The van der Waals surface area contributed by atoms with Gasteiger partial charge in [-0.1, -0.05) is 42.2 Å². The van der Waals surface area contributed by atoms with E-state index in [0.29, 0.717) is 33.0 Å². The number of methoxy groups -OCH3 is 3. The molecule has 34 heavy (non-hydrogen) atoms. The van der Waals surface area contributed by atoms with Crippen LogP contribution in [0.4, 0.5) is 5.69 Å². The number of nitrogens with zero attached hydrogens (tertiary/aromatic N) is 2. The van der Waals surface area contributed by atoms with Crippen molar-refractivity contribution in [1.82, 2.24) is 4.90 Å². The van der Waals surface area contributed by atoms with Gasteiger partial charge < -0.3 is 19.1 Å². The van der Waals surface area contributed by atoms with E-state index in [1.807, 2.05) is 23.1 Å². The van der Waals surface area contributed by atoms with Crippen molar-refractivity contribution in [3.8, 4) is 17.2 Å². The number of rotatable bonds is 7. The average Bonchev–Trinajstić information content (AvgIpc) is 3.13. The van der Waals surface area contributed by atoms with Gasteiger partial charge in [0.15, 0.2) is 11.5 Å². The van der Waals surface area contributed by atoms with Crippen LogP contribution in [0.2, 0.25) is 0 Å². The highest BCUT2D eigenvalue weighted by molar-refractivity contribution is 8.26. The van der Waals surface area contributed by atoms with Gasteiger partial charge in [-0.25, -0.2) is 0 Å². The van der Waals surface area contributed by atoms with Gasteiger partial charge in [-0.3, -0.25) is 14.5 Å². The van der Waals surface area contributed by atoms with Crippen molar-refractivity contribution in [3.63, 3.8) is 0 Å². The number of ether oxygens (including phenoxy) is 3. The lowest BCUT2D eigenvalue weighted by atomic mass is 10.0. The lowest BCUT2D eigenvalue weighted by Crippen LogP contribution is -2.38. The molecule has 0 radical (unpaired) electrons. The second kappa shape index (κ2) is 10.5. The van der Waals surface area contributed by atoms with Crippen LogP contribution in [0.1, 0.15) is 24.0 Å². The molecule has 2 aromatic carbocycles. The molecule has 4 rings (SSSR count). The van der Waals surface area contributed by atoms with Crippen molar-refractivity contribution in [3.05, 3.63) is 52.4 Å². The molecule has 0 aliphatic carbocycles. The summed E-state index contributed by atoms with van der Waals surface area (Å²) < 4.78 is 16.6. The Hall–Kier alpha value is -3.04. The number of carbonyl (C=O) groups is 2. The summed E-state index contributed by atoms with van der Waals surface area (Å²) in [6.07, 6.45) is 3.85. The van der Waals surface area contributed by atoms with Crippen LogP contribution in [0.25, 0.3) is 6.08 Å². The van der Waals surface area contributed by atoms with E-state index in [0.717, 1.165) is 24.1 Å². The quantitative estimate of drug-likeness (QED) is 0.417. The maximum Gasteiger partial charge on any atom is 0.266 e. The lowest BCUT2D eigenvalue weighted by molar-refractivity contribution is -0.123. The van der Waals surface area contributed by atoms with Crippen LogP contribution in [-0.4, -0.2) is 55.5 Å². The number of thioether (sulfide) groups is 1. The number of benzene rings is 2. The number of carbonyl (C=O) groups excluding carboxylic acids is 2. The van der Waals surface area contributed by atoms with Gasteiger partial charge in [0.25, 0.3) is 5.91 Å². The summed E-state index contributed by atoms with van der Waals surface area (Å²) in [5.41, 5.74) is 2.86. The molecule has 0 bridgehead atoms. The summed E-state index contributed by atoms with van der Waals surface area (Å²) in [7, 11) is 4.62. The Bertz CT molecular complexity index is 1140. The Morgan fingerprint density at radius 1 is 1.12 bits per heavy atom. The van der Waals surface area contributed by atoms with Crippen molar-refractivity contribution in [1.29, 1.82) is 0 Å². The Morgan fingerprint density at radius 3 is 2.50 bits per heavy atom. The molecule has 1 fully saturated rings. The van der Waals surface area contributed by atoms with E-state index >= 15 is 0 Å². The van der Waals surface area contributed by atoms with Gasteiger partial charge >= 0.3 is 0 Å². The van der Waals surface area contributed by atoms with Gasteiger partial charge in [-0.2, -0.15) is 0 Å². The zero-order chi connectivity index (χ0) is 24.2. The Balaban J connectivity index is 1.48. The number of hydrogen-bond donors (Lipinski definition) is 0. The van der Waals surface area contributed by atoms with Gasteiger partial charge in [0, 0.05) is 25.2 Å². The van der Waals surface area contributed by atoms with Crippen molar-refractivity contribution >= 4 is 51.9 Å². The van der Waals surface area contributed by atoms with Crippen LogP contribution in [0.15, 0.2) is 41.3 Å². The third-order valence-corrected chi connectivity index (χ3v) is 7.20. The topological polar surface area (TPSA) is 68.3 Å². The van der Waals surface area contributed by atoms with Crippen LogP contribution >= 0.6 is 24.0 Å². The van der Waals surface area contributed by atoms with E-state index in [-0.39, 0.29) is 24.8 Å². The van der Waals surface area contributed by atoms with E-state index in [1.54, 1.807) is 18.2 Å². The Morgan fingerprint density at radius 2 is 1.82 bits per heavy atom. The summed E-state index contributed by atoms with van der Waals surface area (Å²) in [5.74, 6) is 1.25. The number of amides is 2. The zero-order valence-electron chi connectivity index (χ0n) is 19.3. The molecule has 0 unspecified atom stereocenters. The molecule has 0 aromatic heterocycles. The van der Waals surface area contributed by atoms with Gasteiger partial charge in [0.1, 0.15) is 4.32 Å². The lowest BCUT2D eigenvalue weighted by Gasteiger charge is -2.30. The van der Waals surface area contributed by atoms with Gasteiger partial charge in [0.2, 0.25) is 11.7 Å². The third kappa shape index (κ3) is 4.76. The number of fused-ring (bicyclic) bond motifs is 1. The second-order valence-corrected chi connectivity index (χ2v) is 9.50. The van der Waals surface area contributed by atoms with E-state index in [9.17, 15) is 9.59 Å². The maximum absolute atomic E-state index is 13.1. The van der Waals surface area contributed by atoms with Crippen LogP contribution in [0.3, 0.4) is 0 Å². The SMILES string of the molecule is COc1cc(C=C2SC(=S)N(CCC(=O)N3CCCc4ccccc43)C2=O)cc(OC)c1OC. The number of thiocarbonyl (C=S) groups is 1. The molecule has 0 spiro atoms. The minimum Gasteiger partial charge on any atom is -0.493 e. The molecule has 2 aliphatic heterocycles.